The van der Waals surface area contributed by atoms with Crippen LogP contribution in [0.2, 0.25) is 0 Å². The molecule has 1 heterocycles. The number of likely N-dealkylation sites (tertiary alicyclic amines) is 1. The summed E-state index contributed by atoms with van der Waals surface area (Å²) in [6, 6.07) is 1.40. The molecule has 6 heteroatoms. The lowest BCUT2D eigenvalue weighted by atomic mass is 10.2. The number of ether oxygens (including phenoxy) is 2. The molecule has 1 saturated heterocycles. The van der Waals surface area contributed by atoms with Crippen LogP contribution in [0.5, 0.6) is 0 Å². The second-order valence-electron chi connectivity index (χ2n) is 7.63. The lowest BCUT2D eigenvalue weighted by molar-refractivity contribution is 0.0203. The van der Waals surface area contributed by atoms with Crippen LogP contribution in [0.4, 0.5) is 4.79 Å². The number of rotatable bonds is 8. The van der Waals surface area contributed by atoms with Crippen molar-refractivity contribution in [3.05, 3.63) is 0 Å². The molecular weight excluding hydrogens is 294 g/mol. The quantitative estimate of drug-likeness (QED) is 0.735. The minimum atomic E-state index is -0.466. The molecule has 1 amide bonds. The Kier molecular flexibility index (Phi) is 6.68. The molecule has 1 atom stereocenters. The van der Waals surface area contributed by atoms with E-state index in [1.54, 1.807) is 12.0 Å². The van der Waals surface area contributed by atoms with E-state index in [9.17, 15) is 4.79 Å². The lowest BCUT2D eigenvalue weighted by Crippen LogP contribution is -2.44. The van der Waals surface area contributed by atoms with Gasteiger partial charge in [0.1, 0.15) is 5.60 Å². The first-order valence-corrected chi connectivity index (χ1v) is 8.83. The van der Waals surface area contributed by atoms with Gasteiger partial charge in [0.25, 0.3) is 0 Å². The Morgan fingerprint density at radius 1 is 1.26 bits per heavy atom. The van der Waals surface area contributed by atoms with Crippen LogP contribution in [0.1, 0.15) is 40.0 Å². The van der Waals surface area contributed by atoms with Gasteiger partial charge in [-0.15, -0.1) is 0 Å². The van der Waals surface area contributed by atoms with Crippen LogP contribution in [0.15, 0.2) is 0 Å². The van der Waals surface area contributed by atoms with Crippen LogP contribution in [-0.2, 0) is 9.47 Å². The Morgan fingerprint density at radius 2 is 2.00 bits per heavy atom. The largest absolute Gasteiger partial charge is 0.444 e. The summed E-state index contributed by atoms with van der Waals surface area (Å²) >= 11 is 0. The van der Waals surface area contributed by atoms with Crippen molar-refractivity contribution in [1.82, 2.24) is 15.1 Å². The third-order valence-electron chi connectivity index (χ3n) is 4.31. The smallest absolute Gasteiger partial charge is 0.410 e. The molecule has 1 saturated carbocycles. The van der Waals surface area contributed by atoms with Crippen molar-refractivity contribution in [1.29, 1.82) is 0 Å². The Morgan fingerprint density at radius 3 is 2.61 bits per heavy atom. The van der Waals surface area contributed by atoms with Gasteiger partial charge in [0, 0.05) is 51.9 Å². The molecule has 0 aromatic carbocycles. The molecule has 0 aromatic heterocycles. The summed E-state index contributed by atoms with van der Waals surface area (Å²) in [6.07, 6.45) is 3.69. The first-order valence-electron chi connectivity index (χ1n) is 8.83. The SMILES string of the molecule is COCCN(CCNC1CCN(C2CC2)C1)C(=O)OC(C)(C)C. The summed E-state index contributed by atoms with van der Waals surface area (Å²) in [7, 11) is 1.65. The van der Waals surface area contributed by atoms with Gasteiger partial charge in [-0.3, -0.25) is 4.90 Å². The fourth-order valence-electron chi connectivity index (χ4n) is 2.95. The van der Waals surface area contributed by atoms with Crippen molar-refractivity contribution in [2.75, 3.05) is 46.4 Å². The van der Waals surface area contributed by atoms with Crippen LogP contribution in [0, 0.1) is 0 Å². The maximum absolute atomic E-state index is 12.3. The minimum absolute atomic E-state index is 0.262. The van der Waals surface area contributed by atoms with E-state index in [2.05, 4.69) is 10.2 Å². The van der Waals surface area contributed by atoms with Gasteiger partial charge in [-0.1, -0.05) is 0 Å². The van der Waals surface area contributed by atoms with Gasteiger partial charge in [-0.05, 0) is 40.0 Å². The number of methoxy groups -OCH3 is 1. The van der Waals surface area contributed by atoms with Gasteiger partial charge in [-0.25, -0.2) is 4.79 Å². The number of nitrogens with zero attached hydrogens (tertiary/aromatic N) is 2. The molecule has 0 spiro atoms. The monoisotopic (exact) mass is 327 g/mol. The molecular formula is C17H33N3O3. The third-order valence-corrected chi connectivity index (χ3v) is 4.31. The molecule has 1 N–H and O–H groups in total. The molecule has 23 heavy (non-hydrogen) atoms. The van der Waals surface area contributed by atoms with E-state index in [4.69, 9.17) is 9.47 Å². The number of nitrogens with one attached hydrogen (secondary N) is 1. The number of amides is 1. The Balaban J connectivity index is 1.70. The van der Waals surface area contributed by atoms with Crippen LogP contribution >= 0.6 is 0 Å². The van der Waals surface area contributed by atoms with Crippen molar-refractivity contribution in [2.45, 2.75) is 57.7 Å². The number of hydrogen-bond donors (Lipinski definition) is 1. The molecule has 2 rings (SSSR count). The zero-order valence-corrected chi connectivity index (χ0v) is 15.1. The summed E-state index contributed by atoms with van der Waals surface area (Å²) < 4.78 is 10.6. The van der Waals surface area contributed by atoms with Crippen molar-refractivity contribution >= 4 is 6.09 Å². The number of carbonyl (C=O) groups excluding carboxylic acids is 1. The third kappa shape index (κ3) is 6.65. The maximum Gasteiger partial charge on any atom is 0.410 e. The Hall–Kier alpha value is -0.850. The van der Waals surface area contributed by atoms with E-state index in [0.29, 0.717) is 25.7 Å². The van der Waals surface area contributed by atoms with Crippen molar-refractivity contribution in [3.8, 4) is 0 Å². The second kappa shape index (κ2) is 8.31. The molecule has 1 unspecified atom stereocenters. The summed E-state index contributed by atoms with van der Waals surface area (Å²) in [6.45, 7) is 10.6. The van der Waals surface area contributed by atoms with Crippen LogP contribution in [-0.4, -0.2) is 80.0 Å². The van der Waals surface area contributed by atoms with E-state index in [-0.39, 0.29) is 6.09 Å². The van der Waals surface area contributed by atoms with E-state index in [1.807, 2.05) is 20.8 Å². The summed E-state index contributed by atoms with van der Waals surface area (Å²) in [5.41, 5.74) is -0.466. The van der Waals surface area contributed by atoms with Gasteiger partial charge in [0.2, 0.25) is 0 Å². The van der Waals surface area contributed by atoms with Crippen LogP contribution < -0.4 is 5.32 Å². The molecule has 2 fully saturated rings. The predicted molar refractivity (Wildman–Crippen MR) is 90.7 cm³/mol. The molecule has 0 aromatic rings. The number of hydrogen-bond acceptors (Lipinski definition) is 5. The van der Waals surface area contributed by atoms with Crippen molar-refractivity contribution in [2.24, 2.45) is 0 Å². The minimum Gasteiger partial charge on any atom is -0.444 e. The molecule has 0 bridgehead atoms. The van der Waals surface area contributed by atoms with Gasteiger partial charge in [0.05, 0.1) is 6.61 Å². The Labute approximate surface area is 140 Å². The van der Waals surface area contributed by atoms with Crippen LogP contribution in [0.3, 0.4) is 0 Å². The van der Waals surface area contributed by atoms with E-state index >= 15 is 0 Å². The van der Waals surface area contributed by atoms with E-state index in [0.717, 1.165) is 19.1 Å². The predicted octanol–water partition coefficient (Wildman–Crippen LogP) is 1.70. The van der Waals surface area contributed by atoms with Gasteiger partial charge in [0.15, 0.2) is 0 Å². The average molecular weight is 327 g/mol. The van der Waals surface area contributed by atoms with Crippen molar-refractivity contribution in [3.63, 3.8) is 0 Å². The highest BCUT2D eigenvalue weighted by Gasteiger charge is 2.34. The molecule has 134 valence electrons. The molecule has 0 radical (unpaired) electrons. The summed E-state index contributed by atoms with van der Waals surface area (Å²) in [5.74, 6) is 0. The normalized spacial score (nSPS) is 22.3. The number of carbonyl (C=O) groups is 1. The molecule has 2 aliphatic rings. The standard InChI is InChI=1S/C17H33N3O3/c1-17(2,3)23-16(21)19(11-12-22-4)10-8-18-14-7-9-20(13-14)15-5-6-15/h14-15,18H,5-13H2,1-4H3. The topological polar surface area (TPSA) is 54.0 Å². The summed E-state index contributed by atoms with van der Waals surface area (Å²) in [5, 5.41) is 3.59. The average Bonchev–Trinajstić information content (AvgIpc) is 3.20. The van der Waals surface area contributed by atoms with Crippen LogP contribution in [0.25, 0.3) is 0 Å². The summed E-state index contributed by atoms with van der Waals surface area (Å²) in [4.78, 5) is 16.6. The van der Waals surface area contributed by atoms with Gasteiger partial charge < -0.3 is 19.7 Å². The lowest BCUT2D eigenvalue weighted by Gasteiger charge is -2.27. The zero-order chi connectivity index (χ0) is 16.9. The molecule has 1 aliphatic heterocycles. The zero-order valence-electron chi connectivity index (χ0n) is 15.1. The molecule has 1 aliphatic carbocycles. The highest BCUT2D eigenvalue weighted by atomic mass is 16.6. The maximum atomic E-state index is 12.3. The molecule has 6 nitrogen and oxygen atoms in total. The van der Waals surface area contributed by atoms with Gasteiger partial charge >= 0.3 is 6.09 Å². The Bertz CT molecular complexity index is 380. The van der Waals surface area contributed by atoms with E-state index < -0.39 is 5.60 Å². The van der Waals surface area contributed by atoms with Crippen molar-refractivity contribution < 1.29 is 14.3 Å². The fourth-order valence-corrected chi connectivity index (χ4v) is 2.95. The highest BCUT2D eigenvalue weighted by Crippen LogP contribution is 2.29. The van der Waals surface area contributed by atoms with Gasteiger partial charge in [-0.2, -0.15) is 0 Å². The first kappa shape index (κ1) is 18.5. The second-order valence-corrected chi connectivity index (χ2v) is 7.63. The first-order chi connectivity index (χ1) is 10.9. The van der Waals surface area contributed by atoms with E-state index in [1.165, 1.54) is 25.8 Å². The fraction of sp³-hybridized carbons (Fsp3) is 0.941. The highest BCUT2D eigenvalue weighted by molar-refractivity contribution is 5.68.